The van der Waals surface area contributed by atoms with Crippen LogP contribution in [0.5, 0.6) is 0 Å². The molecule has 198 valence electrons. The third-order valence-electron chi connectivity index (χ3n) is 7.65. The highest BCUT2D eigenvalue weighted by Crippen LogP contribution is 2.32. The molecule has 3 aliphatic rings. The molecule has 2 heterocycles. The zero-order valence-electron chi connectivity index (χ0n) is 21.1. The molecule has 2 saturated carbocycles. The van der Waals surface area contributed by atoms with Crippen LogP contribution in [0.4, 0.5) is 9.93 Å². The monoisotopic (exact) mass is 518 g/mol. The Hall–Kier alpha value is -2.49. The molecule has 0 spiro atoms. The van der Waals surface area contributed by atoms with Crippen LogP contribution in [0, 0.1) is 11.8 Å². The number of anilines is 1. The maximum Gasteiger partial charge on any atom is 0.325 e. The van der Waals surface area contributed by atoms with Crippen molar-refractivity contribution in [3.63, 3.8) is 0 Å². The van der Waals surface area contributed by atoms with Gasteiger partial charge in [0.05, 0.1) is 18.7 Å². The van der Waals surface area contributed by atoms with Gasteiger partial charge in [-0.3, -0.25) is 14.4 Å². The van der Waals surface area contributed by atoms with Crippen molar-refractivity contribution in [2.45, 2.75) is 102 Å². The first-order chi connectivity index (χ1) is 17.4. The number of esters is 1. The molecule has 1 aromatic heterocycles. The molecule has 9 nitrogen and oxygen atoms in total. The lowest BCUT2D eigenvalue weighted by Gasteiger charge is -2.30. The first-order valence-electron chi connectivity index (χ1n) is 13.5. The van der Waals surface area contributed by atoms with Crippen molar-refractivity contribution >= 4 is 40.3 Å². The summed E-state index contributed by atoms with van der Waals surface area (Å²) in [6.45, 7) is 2.04. The van der Waals surface area contributed by atoms with Gasteiger partial charge < -0.3 is 15.4 Å². The van der Waals surface area contributed by atoms with E-state index in [1.807, 2.05) is 0 Å². The lowest BCUT2D eigenvalue weighted by molar-refractivity contribution is -0.142. The second-order valence-electron chi connectivity index (χ2n) is 10.3. The summed E-state index contributed by atoms with van der Waals surface area (Å²) < 4.78 is 4.96. The topological polar surface area (TPSA) is 118 Å². The molecule has 2 atom stereocenters. The van der Waals surface area contributed by atoms with E-state index < -0.39 is 24.0 Å². The highest BCUT2D eigenvalue weighted by atomic mass is 32.1. The van der Waals surface area contributed by atoms with Crippen molar-refractivity contribution in [1.82, 2.24) is 15.2 Å². The third-order valence-corrected chi connectivity index (χ3v) is 8.46. The van der Waals surface area contributed by atoms with Crippen LogP contribution < -0.4 is 10.6 Å². The Morgan fingerprint density at radius 2 is 1.78 bits per heavy atom. The van der Waals surface area contributed by atoms with Gasteiger partial charge in [-0.2, -0.15) is 0 Å². The molecule has 2 aliphatic carbocycles. The van der Waals surface area contributed by atoms with Crippen molar-refractivity contribution in [3.8, 4) is 0 Å². The van der Waals surface area contributed by atoms with Gasteiger partial charge >= 0.3 is 12.0 Å². The fourth-order valence-electron chi connectivity index (χ4n) is 5.82. The fraction of sp³-hybridized carbons (Fsp3) is 0.731. The number of imide groups is 1. The minimum Gasteiger partial charge on any atom is -0.466 e. The van der Waals surface area contributed by atoms with Crippen LogP contribution in [0.25, 0.3) is 0 Å². The van der Waals surface area contributed by atoms with E-state index in [4.69, 9.17) is 4.74 Å². The van der Waals surface area contributed by atoms with Gasteiger partial charge in [0.15, 0.2) is 5.13 Å². The molecular formula is C26H38N4O5S. The molecule has 10 heteroatoms. The Labute approximate surface area is 216 Å². The molecular weight excluding hydrogens is 480 g/mol. The smallest absolute Gasteiger partial charge is 0.325 e. The van der Waals surface area contributed by atoms with E-state index in [0.29, 0.717) is 42.1 Å². The predicted molar refractivity (Wildman–Crippen MR) is 136 cm³/mol. The summed E-state index contributed by atoms with van der Waals surface area (Å²) in [7, 11) is 0. The van der Waals surface area contributed by atoms with E-state index in [1.165, 1.54) is 41.9 Å². The summed E-state index contributed by atoms with van der Waals surface area (Å²) in [5.41, 5.74) is 0.514. The number of thiazole rings is 1. The van der Waals surface area contributed by atoms with Crippen LogP contribution >= 0.6 is 11.3 Å². The van der Waals surface area contributed by atoms with Gasteiger partial charge in [-0.05, 0) is 31.6 Å². The van der Waals surface area contributed by atoms with Crippen molar-refractivity contribution in [3.05, 3.63) is 11.1 Å². The van der Waals surface area contributed by atoms with E-state index in [9.17, 15) is 19.2 Å². The minimum absolute atomic E-state index is 0.0293. The molecule has 4 amide bonds. The van der Waals surface area contributed by atoms with Crippen LogP contribution in [0.3, 0.4) is 0 Å². The summed E-state index contributed by atoms with van der Waals surface area (Å²) in [5.74, 6) is -0.336. The van der Waals surface area contributed by atoms with E-state index in [2.05, 4.69) is 15.6 Å². The molecule has 3 fully saturated rings. The maximum atomic E-state index is 13.5. The maximum absolute atomic E-state index is 13.5. The zero-order valence-corrected chi connectivity index (χ0v) is 21.9. The molecule has 2 unspecified atom stereocenters. The molecule has 1 saturated heterocycles. The van der Waals surface area contributed by atoms with Crippen LogP contribution in [0.1, 0.15) is 89.7 Å². The number of hydrogen-bond donors (Lipinski definition) is 2. The van der Waals surface area contributed by atoms with Gasteiger partial charge in [-0.25, -0.2) is 14.7 Å². The average molecular weight is 519 g/mol. The predicted octanol–water partition coefficient (Wildman–Crippen LogP) is 4.42. The Morgan fingerprint density at radius 1 is 1.11 bits per heavy atom. The Morgan fingerprint density at radius 3 is 2.44 bits per heavy atom. The van der Waals surface area contributed by atoms with Gasteiger partial charge in [-0.15, -0.1) is 11.3 Å². The number of carbonyl (C=O) groups is 4. The SMILES string of the molecule is CCOC(=O)Cc1csc(NC(=O)C(CC2CCCCC2)N2C(=O)NC(CC3CCCCC3)C2=O)n1. The van der Waals surface area contributed by atoms with E-state index in [0.717, 1.165) is 38.5 Å². The van der Waals surface area contributed by atoms with E-state index >= 15 is 0 Å². The normalized spacial score (nSPS) is 22.4. The molecule has 1 aliphatic heterocycles. The number of rotatable bonds is 10. The lowest BCUT2D eigenvalue weighted by Crippen LogP contribution is -2.49. The summed E-state index contributed by atoms with van der Waals surface area (Å²) in [6, 6.07) is -1.91. The van der Waals surface area contributed by atoms with Crippen molar-refractivity contribution in [2.24, 2.45) is 11.8 Å². The summed E-state index contributed by atoms with van der Waals surface area (Å²) >= 11 is 1.21. The lowest BCUT2D eigenvalue weighted by atomic mass is 9.83. The van der Waals surface area contributed by atoms with Crippen LogP contribution in [-0.2, 0) is 25.5 Å². The zero-order chi connectivity index (χ0) is 25.5. The van der Waals surface area contributed by atoms with E-state index in [1.54, 1.807) is 12.3 Å². The van der Waals surface area contributed by atoms with Crippen molar-refractivity contribution in [1.29, 1.82) is 0 Å². The first kappa shape index (κ1) is 26.6. The summed E-state index contributed by atoms with van der Waals surface area (Å²) in [6.07, 6.45) is 12.3. The standard InChI is InChI=1S/C26H38N4O5S/c1-2-35-22(31)15-19-16-36-25(27-19)29-23(32)21(14-18-11-7-4-8-12-18)30-24(33)20(28-26(30)34)13-17-9-5-3-6-10-17/h16-18,20-21H,2-15H2,1H3,(H,28,34)(H,27,29,32). The number of urea groups is 1. The molecule has 2 N–H and O–H groups in total. The molecule has 0 radical (unpaired) electrons. The third kappa shape index (κ3) is 6.83. The number of aromatic nitrogens is 1. The molecule has 0 aromatic carbocycles. The van der Waals surface area contributed by atoms with Gasteiger partial charge in [0.1, 0.15) is 12.1 Å². The van der Waals surface area contributed by atoms with E-state index in [-0.39, 0.29) is 18.3 Å². The van der Waals surface area contributed by atoms with Gasteiger partial charge in [-0.1, -0.05) is 64.2 Å². The quantitative estimate of drug-likeness (QED) is 0.350. The fourth-order valence-corrected chi connectivity index (χ4v) is 6.53. The van der Waals surface area contributed by atoms with Gasteiger partial charge in [0.2, 0.25) is 5.91 Å². The van der Waals surface area contributed by atoms with Crippen LogP contribution in [-0.4, -0.2) is 52.4 Å². The largest absolute Gasteiger partial charge is 0.466 e. The Balaban J connectivity index is 1.46. The molecule has 4 rings (SSSR count). The number of hydrogen-bond acceptors (Lipinski definition) is 7. The summed E-state index contributed by atoms with van der Waals surface area (Å²) in [5, 5.41) is 7.73. The molecule has 0 bridgehead atoms. The number of amides is 4. The Bertz CT molecular complexity index is 939. The van der Waals surface area contributed by atoms with Crippen LogP contribution in [0.2, 0.25) is 0 Å². The number of nitrogens with one attached hydrogen (secondary N) is 2. The molecule has 36 heavy (non-hydrogen) atoms. The van der Waals surface area contributed by atoms with Gasteiger partial charge in [0.25, 0.3) is 5.91 Å². The second-order valence-corrected chi connectivity index (χ2v) is 11.2. The Kier molecular flexibility index (Phi) is 9.34. The second kappa shape index (κ2) is 12.7. The number of nitrogens with zero attached hydrogens (tertiary/aromatic N) is 2. The highest BCUT2D eigenvalue weighted by molar-refractivity contribution is 7.13. The van der Waals surface area contributed by atoms with Crippen LogP contribution in [0.15, 0.2) is 5.38 Å². The first-order valence-corrected chi connectivity index (χ1v) is 14.4. The summed E-state index contributed by atoms with van der Waals surface area (Å²) in [4.78, 5) is 57.2. The van der Waals surface area contributed by atoms with Gasteiger partial charge in [0, 0.05) is 5.38 Å². The van der Waals surface area contributed by atoms with Crippen molar-refractivity contribution < 1.29 is 23.9 Å². The number of ether oxygens (including phenoxy) is 1. The number of carbonyl (C=O) groups excluding carboxylic acids is 4. The average Bonchev–Trinajstić information content (AvgIpc) is 3.41. The van der Waals surface area contributed by atoms with Crippen molar-refractivity contribution in [2.75, 3.05) is 11.9 Å². The molecule has 1 aromatic rings. The minimum atomic E-state index is -0.880. The highest BCUT2D eigenvalue weighted by Gasteiger charge is 2.46.